The van der Waals surface area contributed by atoms with E-state index in [-0.39, 0.29) is 5.56 Å². The first-order valence-corrected chi connectivity index (χ1v) is 8.89. The van der Waals surface area contributed by atoms with Gasteiger partial charge in [-0.05, 0) is 43.7 Å². The van der Waals surface area contributed by atoms with E-state index in [1.807, 2.05) is 13.0 Å². The van der Waals surface area contributed by atoms with Crippen molar-refractivity contribution < 1.29 is 4.79 Å². The minimum absolute atomic E-state index is 0.213. The van der Waals surface area contributed by atoms with E-state index in [2.05, 4.69) is 4.98 Å². The molecule has 1 unspecified atom stereocenters. The predicted octanol–water partition coefficient (Wildman–Crippen LogP) is 3.31. The Morgan fingerprint density at radius 2 is 1.96 bits per heavy atom. The Bertz CT molecular complexity index is 1030. The highest BCUT2D eigenvalue weighted by Crippen LogP contribution is 2.28. The molecule has 0 aliphatic heterocycles. The fourth-order valence-electron chi connectivity index (χ4n) is 2.46. The number of amides is 1. The van der Waals surface area contributed by atoms with E-state index in [4.69, 9.17) is 17.3 Å². The first kappa shape index (κ1) is 17.5. The van der Waals surface area contributed by atoms with E-state index in [1.165, 1.54) is 4.57 Å². The summed E-state index contributed by atoms with van der Waals surface area (Å²) in [6.45, 7) is 3.52. The van der Waals surface area contributed by atoms with Gasteiger partial charge in [0.25, 0.3) is 5.56 Å². The molecule has 2 aromatic carbocycles. The number of halogens is 1. The molecule has 0 radical (unpaired) electrons. The number of nitrogens with zero attached hydrogens (tertiary/aromatic N) is 2. The van der Waals surface area contributed by atoms with E-state index in [9.17, 15) is 9.59 Å². The number of nitrogens with two attached hydrogens (primary N) is 1. The molecule has 1 aromatic heterocycles. The van der Waals surface area contributed by atoms with Crippen LogP contribution >= 0.6 is 23.4 Å². The van der Waals surface area contributed by atoms with E-state index < -0.39 is 11.2 Å². The number of primary amides is 1. The molecule has 5 nitrogen and oxygen atoms in total. The summed E-state index contributed by atoms with van der Waals surface area (Å²) >= 11 is 7.38. The molecule has 128 valence electrons. The minimum atomic E-state index is -0.529. The van der Waals surface area contributed by atoms with Crippen molar-refractivity contribution in [2.75, 3.05) is 0 Å². The van der Waals surface area contributed by atoms with Crippen LogP contribution < -0.4 is 11.3 Å². The van der Waals surface area contributed by atoms with Crippen LogP contribution in [0.4, 0.5) is 0 Å². The Labute approximate surface area is 153 Å². The lowest BCUT2D eigenvalue weighted by Gasteiger charge is -2.17. The third-order valence-electron chi connectivity index (χ3n) is 3.91. The van der Waals surface area contributed by atoms with Crippen LogP contribution in [0.5, 0.6) is 0 Å². The molecule has 0 spiro atoms. The molecule has 0 aliphatic carbocycles. The van der Waals surface area contributed by atoms with Gasteiger partial charge >= 0.3 is 0 Å². The van der Waals surface area contributed by atoms with Crippen molar-refractivity contribution in [3.63, 3.8) is 0 Å². The molecule has 0 bridgehead atoms. The van der Waals surface area contributed by atoms with Gasteiger partial charge in [0, 0.05) is 5.02 Å². The smallest absolute Gasteiger partial charge is 0.266 e. The van der Waals surface area contributed by atoms with Crippen molar-refractivity contribution in [3.05, 3.63) is 63.4 Å². The molecule has 0 saturated carbocycles. The van der Waals surface area contributed by atoms with Crippen molar-refractivity contribution in [3.8, 4) is 5.69 Å². The van der Waals surface area contributed by atoms with E-state index >= 15 is 0 Å². The molecule has 0 saturated heterocycles. The van der Waals surface area contributed by atoms with Gasteiger partial charge in [-0.15, -0.1) is 0 Å². The van der Waals surface area contributed by atoms with Crippen molar-refractivity contribution in [2.45, 2.75) is 24.3 Å². The average Bonchev–Trinajstić information content (AvgIpc) is 2.58. The van der Waals surface area contributed by atoms with Crippen LogP contribution in [0.1, 0.15) is 12.5 Å². The Morgan fingerprint density at radius 3 is 2.68 bits per heavy atom. The maximum Gasteiger partial charge on any atom is 0.266 e. The number of rotatable bonds is 4. The highest BCUT2D eigenvalue weighted by molar-refractivity contribution is 8.00. The van der Waals surface area contributed by atoms with Crippen LogP contribution in [0, 0.1) is 6.92 Å². The van der Waals surface area contributed by atoms with E-state index in [1.54, 1.807) is 43.3 Å². The molecular formula is C18H16ClN3O2S. The zero-order valence-electron chi connectivity index (χ0n) is 13.7. The number of hydrogen-bond acceptors (Lipinski definition) is 4. The van der Waals surface area contributed by atoms with Gasteiger partial charge in [-0.1, -0.05) is 41.6 Å². The van der Waals surface area contributed by atoms with Crippen LogP contribution in [0.2, 0.25) is 5.02 Å². The van der Waals surface area contributed by atoms with Crippen LogP contribution in [0.25, 0.3) is 16.6 Å². The highest BCUT2D eigenvalue weighted by Gasteiger charge is 2.19. The van der Waals surface area contributed by atoms with Gasteiger partial charge in [0.05, 0.1) is 21.8 Å². The number of aromatic nitrogens is 2. The fraction of sp³-hybridized carbons (Fsp3) is 0.167. The summed E-state index contributed by atoms with van der Waals surface area (Å²) in [5.41, 5.74) is 7.14. The van der Waals surface area contributed by atoms with Crippen molar-refractivity contribution in [2.24, 2.45) is 5.73 Å². The van der Waals surface area contributed by atoms with Gasteiger partial charge in [0.15, 0.2) is 5.16 Å². The lowest BCUT2D eigenvalue weighted by Crippen LogP contribution is -2.26. The minimum Gasteiger partial charge on any atom is -0.369 e. The second kappa shape index (κ2) is 6.90. The number of benzene rings is 2. The van der Waals surface area contributed by atoms with Crippen LogP contribution in [-0.2, 0) is 4.79 Å². The quantitative estimate of drug-likeness (QED) is 0.562. The first-order valence-electron chi connectivity index (χ1n) is 7.63. The average molecular weight is 374 g/mol. The summed E-state index contributed by atoms with van der Waals surface area (Å²) in [5, 5.41) is 0.925. The molecule has 1 amide bonds. The Morgan fingerprint density at radius 1 is 1.24 bits per heavy atom. The fourth-order valence-corrected chi connectivity index (χ4v) is 3.50. The van der Waals surface area contributed by atoms with Crippen molar-refractivity contribution >= 4 is 40.2 Å². The topological polar surface area (TPSA) is 78.0 Å². The van der Waals surface area contributed by atoms with Crippen molar-refractivity contribution in [1.82, 2.24) is 9.55 Å². The SMILES string of the molecule is Cc1c(Cl)cccc1-n1c(SC(C)C(N)=O)nc2ccccc2c1=O. The maximum atomic E-state index is 13.1. The molecule has 0 fully saturated rings. The summed E-state index contributed by atoms with van der Waals surface area (Å²) in [6, 6.07) is 12.4. The summed E-state index contributed by atoms with van der Waals surface area (Å²) < 4.78 is 1.49. The summed E-state index contributed by atoms with van der Waals surface area (Å²) in [6.07, 6.45) is 0. The highest BCUT2D eigenvalue weighted by atomic mass is 35.5. The third kappa shape index (κ3) is 3.27. The van der Waals surface area contributed by atoms with Crippen LogP contribution in [0.3, 0.4) is 0 Å². The van der Waals surface area contributed by atoms with E-state index in [0.717, 1.165) is 17.3 Å². The lowest BCUT2D eigenvalue weighted by molar-refractivity contribution is -0.117. The number of carbonyl (C=O) groups excluding carboxylic acids is 1. The predicted molar refractivity (Wildman–Crippen MR) is 102 cm³/mol. The van der Waals surface area contributed by atoms with E-state index in [0.29, 0.717) is 26.8 Å². The maximum absolute atomic E-state index is 13.1. The molecule has 25 heavy (non-hydrogen) atoms. The largest absolute Gasteiger partial charge is 0.369 e. The molecule has 7 heteroatoms. The number of thioether (sulfide) groups is 1. The van der Waals surface area contributed by atoms with Gasteiger partial charge in [0.2, 0.25) is 5.91 Å². The van der Waals surface area contributed by atoms with Gasteiger partial charge < -0.3 is 5.73 Å². The second-order valence-electron chi connectivity index (χ2n) is 5.60. The lowest BCUT2D eigenvalue weighted by atomic mass is 10.2. The molecule has 1 heterocycles. The summed E-state index contributed by atoms with van der Waals surface area (Å²) in [5.74, 6) is -0.471. The van der Waals surface area contributed by atoms with Crippen LogP contribution in [0.15, 0.2) is 52.4 Å². The zero-order valence-corrected chi connectivity index (χ0v) is 15.3. The standard InChI is InChI=1S/C18H16ClN3O2S/c1-10-13(19)7-5-9-15(10)22-17(24)12-6-3-4-8-14(12)21-18(22)25-11(2)16(20)23/h3-9,11H,1-2H3,(H2,20,23). The first-order chi connectivity index (χ1) is 11.9. The monoisotopic (exact) mass is 373 g/mol. The van der Waals surface area contributed by atoms with Crippen molar-refractivity contribution in [1.29, 1.82) is 0 Å². The Balaban J connectivity index is 2.34. The zero-order chi connectivity index (χ0) is 18.1. The number of hydrogen-bond donors (Lipinski definition) is 1. The summed E-state index contributed by atoms with van der Waals surface area (Å²) in [4.78, 5) is 29.2. The van der Waals surface area contributed by atoms with Gasteiger partial charge in [0.1, 0.15) is 0 Å². The molecular weight excluding hydrogens is 358 g/mol. The van der Waals surface area contributed by atoms with Crippen LogP contribution in [-0.4, -0.2) is 20.7 Å². The third-order valence-corrected chi connectivity index (χ3v) is 5.39. The molecule has 0 aliphatic rings. The van der Waals surface area contributed by atoms with Gasteiger partial charge in [-0.3, -0.25) is 14.2 Å². The molecule has 3 rings (SSSR count). The normalized spacial score (nSPS) is 12.3. The van der Waals surface area contributed by atoms with Gasteiger partial charge in [-0.25, -0.2) is 4.98 Å². The van der Waals surface area contributed by atoms with Gasteiger partial charge in [-0.2, -0.15) is 0 Å². The molecule has 2 N–H and O–H groups in total. The number of para-hydroxylation sites is 1. The molecule has 1 atom stereocenters. The Hall–Kier alpha value is -2.31. The number of fused-ring (bicyclic) bond motifs is 1. The molecule has 3 aromatic rings. The number of carbonyl (C=O) groups is 1. The Kier molecular flexibility index (Phi) is 4.83. The second-order valence-corrected chi connectivity index (χ2v) is 7.31. The summed E-state index contributed by atoms with van der Waals surface area (Å²) in [7, 11) is 0.